The third-order valence-corrected chi connectivity index (χ3v) is 13.6. The molecule has 182 valence electrons. The van der Waals surface area contributed by atoms with E-state index in [4.69, 9.17) is 0 Å². The lowest BCUT2D eigenvalue weighted by molar-refractivity contribution is -0.252. The maximum Gasteiger partial charge on any atom is 0.137 e. The average Bonchev–Trinajstić information content (AvgIpc) is 2.69. The van der Waals surface area contributed by atoms with Crippen LogP contribution in [0, 0.1) is 56.2 Å². The van der Waals surface area contributed by atoms with E-state index in [9.17, 15) is 9.90 Å². The van der Waals surface area contributed by atoms with Gasteiger partial charge in [0.05, 0.1) is 6.10 Å². The molecule has 10 unspecified atom stereocenters. The van der Waals surface area contributed by atoms with Gasteiger partial charge in [0.25, 0.3) is 0 Å². The van der Waals surface area contributed by atoms with Crippen molar-refractivity contribution in [3.63, 3.8) is 0 Å². The first-order valence-electron chi connectivity index (χ1n) is 13.8. The van der Waals surface area contributed by atoms with Gasteiger partial charge in [-0.15, -0.1) is 0 Å². The molecule has 5 rings (SSSR count). The fourth-order valence-electron chi connectivity index (χ4n) is 11.2. The maximum absolute atomic E-state index is 14.2. The minimum Gasteiger partial charge on any atom is -0.393 e. The van der Waals surface area contributed by atoms with Crippen molar-refractivity contribution in [2.45, 2.75) is 126 Å². The zero-order valence-corrected chi connectivity index (χ0v) is 22.3. The summed E-state index contributed by atoms with van der Waals surface area (Å²) in [6.07, 6.45) is 11.5. The van der Waals surface area contributed by atoms with Crippen molar-refractivity contribution in [2.75, 3.05) is 0 Å². The molecule has 32 heavy (non-hydrogen) atoms. The van der Waals surface area contributed by atoms with Crippen molar-refractivity contribution in [1.82, 2.24) is 0 Å². The second-order valence-corrected chi connectivity index (χ2v) is 15.5. The van der Waals surface area contributed by atoms with Crippen molar-refractivity contribution in [1.29, 1.82) is 0 Å². The van der Waals surface area contributed by atoms with Crippen LogP contribution < -0.4 is 0 Å². The van der Waals surface area contributed by atoms with E-state index in [1.54, 1.807) is 0 Å². The SMILES string of the molecule is CC1C(O)CCC2C1(C)CC(=O)C1C2(C)CCC2(C)C3CC(C)(C)CCC3(C)CCC12C. The molecular weight excluding hydrogens is 392 g/mol. The molecule has 0 amide bonds. The van der Waals surface area contributed by atoms with E-state index in [2.05, 4.69) is 55.4 Å². The summed E-state index contributed by atoms with van der Waals surface area (Å²) in [6.45, 7) is 19.8. The van der Waals surface area contributed by atoms with Gasteiger partial charge in [-0.1, -0.05) is 55.4 Å². The average molecular weight is 443 g/mol. The molecule has 2 heteroatoms. The lowest BCUT2D eigenvalue weighted by Crippen LogP contribution is -2.70. The standard InChI is InChI=1S/C30H50O2/c1-19-20(31)9-10-22-27(5)14-16-29(7)23-18-25(2,3)11-12-26(23,4)13-15-30(29,8)24(27)21(32)17-28(19,22)6/h19-20,22-24,31H,9-18H2,1-8H3. The highest BCUT2D eigenvalue weighted by Gasteiger charge is 2.72. The smallest absolute Gasteiger partial charge is 0.137 e. The van der Waals surface area contributed by atoms with E-state index in [0.29, 0.717) is 29.0 Å². The lowest BCUT2D eigenvalue weighted by Gasteiger charge is -2.74. The van der Waals surface area contributed by atoms with E-state index in [1.807, 2.05) is 0 Å². The Morgan fingerprint density at radius 2 is 1.38 bits per heavy atom. The third-order valence-electron chi connectivity index (χ3n) is 13.6. The van der Waals surface area contributed by atoms with E-state index in [1.165, 1.54) is 44.9 Å². The Bertz CT molecular complexity index is 816. The first-order valence-corrected chi connectivity index (χ1v) is 13.8. The third kappa shape index (κ3) is 2.71. The molecule has 0 aromatic rings. The summed E-state index contributed by atoms with van der Waals surface area (Å²) in [5.74, 6) is 2.25. The second-order valence-electron chi connectivity index (χ2n) is 15.5. The monoisotopic (exact) mass is 442 g/mol. The molecule has 0 heterocycles. The number of hydrogen-bond acceptors (Lipinski definition) is 2. The molecule has 0 aromatic heterocycles. The van der Waals surface area contributed by atoms with Crippen LogP contribution in [-0.4, -0.2) is 17.0 Å². The molecule has 5 aliphatic carbocycles. The van der Waals surface area contributed by atoms with Gasteiger partial charge in [0.2, 0.25) is 0 Å². The predicted octanol–water partition coefficient (Wildman–Crippen LogP) is 7.43. The van der Waals surface area contributed by atoms with Gasteiger partial charge in [0, 0.05) is 12.3 Å². The molecule has 0 bridgehead atoms. The second kappa shape index (κ2) is 6.64. The van der Waals surface area contributed by atoms with Gasteiger partial charge in [-0.2, -0.15) is 0 Å². The van der Waals surface area contributed by atoms with Gasteiger partial charge in [0.15, 0.2) is 0 Å². The van der Waals surface area contributed by atoms with Crippen LogP contribution in [0.15, 0.2) is 0 Å². The number of Topliss-reactive ketones (excluding diaryl/α,β-unsaturated/α-hetero) is 1. The van der Waals surface area contributed by atoms with Crippen molar-refractivity contribution < 1.29 is 9.90 Å². The molecule has 2 nitrogen and oxygen atoms in total. The van der Waals surface area contributed by atoms with Crippen LogP contribution in [0.3, 0.4) is 0 Å². The number of carbonyl (C=O) groups excluding carboxylic acids is 1. The Morgan fingerprint density at radius 3 is 2.06 bits per heavy atom. The highest BCUT2D eigenvalue weighted by atomic mass is 16.3. The van der Waals surface area contributed by atoms with Crippen molar-refractivity contribution >= 4 is 5.78 Å². The summed E-state index contributed by atoms with van der Waals surface area (Å²) in [5, 5.41) is 10.7. The Balaban J connectivity index is 1.59. The topological polar surface area (TPSA) is 37.3 Å². The van der Waals surface area contributed by atoms with E-state index < -0.39 is 0 Å². The Hall–Kier alpha value is -0.370. The van der Waals surface area contributed by atoms with Gasteiger partial charge in [-0.3, -0.25) is 4.79 Å². The van der Waals surface area contributed by atoms with Crippen molar-refractivity contribution in [3.8, 4) is 0 Å². The normalized spacial score (nSPS) is 59.4. The van der Waals surface area contributed by atoms with Crippen LogP contribution in [0.1, 0.15) is 120 Å². The van der Waals surface area contributed by atoms with Crippen LogP contribution in [0.2, 0.25) is 0 Å². The highest BCUT2D eigenvalue weighted by Crippen LogP contribution is 2.77. The molecule has 0 saturated heterocycles. The summed E-state index contributed by atoms with van der Waals surface area (Å²) in [4.78, 5) is 14.2. The molecule has 1 N–H and O–H groups in total. The molecular formula is C30H50O2. The maximum atomic E-state index is 14.2. The number of fused-ring (bicyclic) bond motifs is 7. The van der Waals surface area contributed by atoms with Crippen LogP contribution in [0.5, 0.6) is 0 Å². The predicted molar refractivity (Wildman–Crippen MR) is 131 cm³/mol. The van der Waals surface area contributed by atoms with Crippen molar-refractivity contribution in [3.05, 3.63) is 0 Å². The van der Waals surface area contributed by atoms with Crippen LogP contribution in [0.4, 0.5) is 0 Å². The van der Waals surface area contributed by atoms with Gasteiger partial charge < -0.3 is 5.11 Å². The molecule has 0 aromatic carbocycles. The molecule has 0 spiro atoms. The lowest BCUT2D eigenvalue weighted by atomic mass is 9.30. The quantitative estimate of drug-likeness (QED) is 0.423. The fraction of sp³-hybridized carbons (Fsp3) is 0.967. The minimum atomic E-state index is -0.242. The minimum absolute atomic E-state index is 0.0416. The van der Waals surface area contributed by atoms with Crippen LogP contribution in [-0.2, 0) is 4.79 Å². The van der Waals surface area contributed by atoms with Gasteiger partial charge in [-0.05, 0) is 108 Å². The van der Waals surface area contributed by atoms with Gasteiger partial charge in [-0.25, -0.2) is 0 Å². The molecule has 0 aliphatic heterocycles. The number of carbonyl (C=O) groups is 1. The van der Waals surface area contributed by atoms with Crippen molar-refractivity contribution in [2.24, 2.45) is 56.2 Å². The largest absolute Gasteiger partial charge is 0.393 e. The number of aliphatic hydroxyl groups excluding tert-OH is 1. The summed E-state index contributed by atoms with van der Waals surface area (Å²) in [6, 6.07) is 0. The van der Waals surface area contributed by atoms with E-state index in [0.717, 1.165) is 18.8 Å². The Labute approximate surface area is 197 Å². The van der Waals surface area contributed by atoms with Crippen LogP contribution in [0.25, 0.3) is 0 Å². The number of ketones is 1. The molecule has 5 saturated carbocycles. The summed E-state index contributed by atoms with van der Waals surface area (Å²) >= 11 is 0. The Morgan fingerprint density at radius 1 is 0.750 bits per heavy atom. The zero-order valence-electron chi connectivity index (χ0n) is 22.3. The van der Waals surface area contributed by atoms with E-state index >= 15 is 0 Å². The first kappa shape index (κ1) is 23.4. The van der Waals surface area contributed by atoms with E-state index in [-0.39, 0.29) is 39.6 Å². The summed E-state index contributed by atoms with van der Waals surface area (Å²) in [5.41, 5.74) is 1.29. The molecule has 5 aliphatic rings. The molecule has 0 radical (unpaired) electrons. The number of rotatable bonds is 0. The van der Waals surface area contributed by atoms with Gasteiger partial charge in [0.1, 0.15) is 5.78 Å². The molecule has 5 fully saturated rings. The summed E-state index contributed by atoms with van der Waals surface area (Å²) < 4.78 is 0. The summed E-state index contributed by atoms with van der Waals surface area (Å²) in [7, 11) is 0. The highest BCUT2D eigenvalue weighted by molar-refractivity contribution is 5.85. The number of aliphatic hydroxyl groups is 1. The Kier molecular flexibility index (Phi) is 4.85. The number of hydrogen-bond donors (Lipinski definition) is 1. The van der Waals surface area contributed by atoms with Gasteiger partial charge >= 0.3 is 0 Å². The fourth-order valence-corrected chi connectivity index (χ4v) is 11.2. The van der Waals surface area contributed by atoms with Crippen LogP contribution >= 0.6 is 0 Å². The zero-order chi connectivity index (χ0) is 23.5. The first-order chi connectivity index (χ1) is 14.6. The molecule has 10 atom stereocenters.